The number of aromatic hydroxyl groups is 1. The first-order valence-corrected chi connectivity index (χ1v) is 9.22. The first kappa shape index (κ1) is 16.6. The number of aromatic nitrogens is 2. The minimum absolute atomic E-state index is 0.111. The lowest BCUT2D eigenvalue weighted by atomic mass is 10.1. The van der Waals surface area contributed by atoms with Gasteiger partial charge in [-0.15, -0.1) is 16.4 Å². The summed E-state index contributed by atoms with van der Waals surface area (Å²) < 4.78 is 6.30. The van der Waals surface area contributed by atoms with Crippen LogP contribution in [-0.2, 0) is 17.8 Å². The van der Waals surface area contributed by atoms with Gasteiger partial charge < -0.3 is 14.8 Å². The fourth-order valence-electron chi connectivity index (χ4n) is 3.21. The van der Waals surface area contributed by atoms with Gasteiger partial charge in [-0.1, -0.05) is 18.2 Å². The van der Waals surface area contributed by atoms with Crippen molar-refractivity contribution in [2.75, 3.05) is 0 Å². The van der Waals surface area contributed by atoms with Crippen LogP contribution >= 0.6 is 11.3 Å². The molecule has 1 amide bonds. The Morgan fingerprint density at radius 2 is 2.27 bits per heavy atom. The molecule has 2 aromatic heterocycles. The Hall–Kier alpha value is -2.87. The topological polar surface area (TPSA) is 97.4 Å². The van der Waals surface area contributed by atoms with Crippen molar-refractivity contribution < 1.29 is 14.3 Å². The number of thiophene rings is 1. The number of hydrogen-bond donors (Lipinski definition) is 2. The van der Waals surface area contributed by atoms with Crippen LogP contribution in [0.25, 0.3) is 10.8 Å². The van der Waals surface area contributed by atoms with Crippen molar-refractivity contribution in [3.8, 4) is 16.5 Å². The Balaban J connectivity index is 1.39. The van der Waals surface area contributed by atoms with Gasteiger partial charge in [0.05, 0.1) is 17.5 Å². The van der Waals surface area contributed by atoms with E-state index in [2.05, 4.69) is 10.4 Å². The summed E-state index contributed by atoms with van der Waals surface area (Å²) in [6, 6.07) is 8.91. The molecule has 1 atom stereocenters. The number of nitrogens with one attached hydrogen (secondary N) is 1. The van der Waals surface area contributed by atoms with Crippen LogP contribution in [0.5, 0.6) is 5.75 Å². The lowest BCUT2D eigenvalue weighted by molar-refractivity contribution is -0.122. The molecule has 1 aromatic carbocycles. The summed E-state index contributed by atoms with van der Waals surface area (Å²) >= 11 is 1.43. The number of amides is 1. The molecular formula is C18H17N3O4S. The Morgan fingerprint density at radius 1 is 1.38 bits per heavy atom. The summed E-state index contributed by atoms with van der Waals surface area (Å²) in [5, 5.41) is 18.9. The monoisotopic (exact) mass is 371 g/mol. The van der Waals surface area contributed by atoms with Gasteiger partial charge in [-0.25, -0.2) is 4.79 Å². The fourth-order valence-corrected chi connectivity index (χ4v) is 3.85. The molecule has 1 aliphatic carbocycles. The van der Waals surface area contributed by atoms with E-state index < -0.39 is 5.76 Å². The minimum Gasteiger partial charge on any atom is -0.508 e. The predicted molar refractivity (Wildman–Crippen MR) is 96.0 cm³/mol. The number of phenolic OH excluding ortho intramolecular Hbond substituents is 1. The molecule has 7 nitrogen and oxygen atoms in total. The highest BCUT2D eigenvalue weighted by molar-refractivity contribution is 7.13. The third-order valence-electron chi connectivity index (χ3n) is 4.47. The Bertz CT molecular complexity index is 990. The van der Waals surface area contributed by atoms with Crippen molar-refractivity contribution in [2.45, 2.75) is 31.8 Å². The molecule has 134 valence electrons. The van der Waals surface area contributed by atoms with Gasteiger partial charge in [0.2, 0.25) is 5.91 Å². The third kappa shape index (κ3) is 3.15. The number of benzene rings is 1. The second-order valence-electron chi connectivity index (χ2n) is 6.13. The number of carbonyl (C=O) groups excluding carboxylic acids is 1. The molecule has 1 unspecified atom stereocenters. The summed E-state index contributed by atoms with van der Waals surface area (Å²) in [5.41, 5.74) is 1.85. The van der Waals surface area contributed by atoms with Gasteiger partial charge in [-0.2, -0.15) is 4.68 Å². The van der Waals surface area contributed by atoms with E-state index in [0.717, 1.165) is 28.8 Å². The fraction of sp³-hybridized carbons (Fsp3) is 0.278. The molecule has 0 saturated heterocycles. The third-order valence-corrected chi connectivity index (χ3v) is 5.33. The van der Waals surface area contributed by atoms with Crippen molar-refractivity contribution in [3.63, 3.8) is 0 Å². The summed E-state index contributed by atoms with van der Waals surface area (Å²) in [6.45, 7) is 0.152. The molecule has 26 heavy (non-hydrogen) atoms. The molecule has 0 bridgehead atoms. The average molecular weight is 371 g/mol. The average Bonchev–Trinajstić information content (AvgIpc) is 3.34. The standard InChI is InChI=1S/C18H17N3O4S/c22-14-4-1-3-11-12(14)6-7-13(11)19-16(23)8-9-21-18(24)25-17(20-21)15-5-2-10-26-15/h1-5,10,13,22H,6-9H2,(H,19,23). The number of nitrogens with zero attached hydrogens (tertiary/aromatic N) is 2. The highest BCUT2D eigenvalue weighted by Gasteiger charge is 2.25. The normalized spacial score (nSPS) is 15.8. The maximum Gasteiger partial charge on any atom is 0.437 e. The van der Waals surface area contributed by atoms with Crippen molar-refractivity contribution in [1.82, 2.24) is 15.1 Å². The maximum absolute atomic E-state index is 12.3. The van der Waals surface area contributed by atoms with Gasteiger partial charge in [-0.3, -0.25) is 4.79 Å². The number of rotatable bonds is 5. The molecular weight excluding hydrogens is 354 g/mol. The van der Waals surface area contributed by atoms with Crippen LogP contribution in [0.3, 0.4) is 0 Å². The second-order valence-corrected chi connectivity index (χ2v) is 7.07. The molecule has 0 aliphatic heterocycles. The number of fused-ring (bicyclic) bond motifs is 1. The molecule has 2 N–H and O–H groups in total. The first-order chi connectivity index (χ1) is 12.6. The van der Waals surface area contributed by atoms with E-state index in [1.807, 2.05) is 23.6 Å². The SMILES string of the molecule is O=C(CCn1nc(-c2cccs2)oc1=O)NC1CCc2c(O)cccc21. The molecule has 3 aromatic rings. The van der Waals surface area contributed by atoms with Gasteiger partial charge in [0.15, 0.2) is 0 Å². The van der Waals surface area contributed by atoms with Gasteiger partial charge >= 0.3 is 5.76 Å². The van der Waals surface area contributed by atoms with Gasteiger partial charge in [0.1, 0.15) is 5.75 Å². The van der Waals surface area contributed by atoms with Crippen LogP contribution in [0.1, 0.15) is 30.0 Å². The highest BCUT2D eigenvalue weighted by Crippen LogP contribution is 2.36. The van der Waals surface area contributed by atoms with Crippen molar-refractivity contribution in [1.29, 1.82) is 0 Å². The van der Waals surface area contributed by atoms with E-state index in [1.165, 1.54) is 16.0 Å². The van der Waals surface area contributed by atoms with E-state index in [4.69, 9.17) is 4.42 Å². The van der Waals surface area contributed by atoms with Crippen LogP contribution in [0.4, 0.5) is 0 Å². The summed E-state index contributed by atoms with van der Waals surface area (Å²) in [5.74, 6) is -0.198. The second kappa shape index (κ2) is 6.80. The zero-order valence-corrected chi connectivity index (χ0v) is 14.7. The number of phenols is 1. The van der Waals surface area contributed by atoms with E-state index in [1.54, 1.807) is 12.1 Å². The van der Waals surface area contributed by atoms with Crippen molar-refractivity contribution in [2.24, 2.45) is 0 Å². The molecule has 0 saturated carbocycles. The number of hydrogen-bond acceptors (Lipinski definition) is 6. The summed E-state index contributed by atoms with van der Waals surface area (Å²) in [6.07, 6.45) is 1.62. The molecule has 0 spiro atoms. The molecule has 4 rings (SSSR count). The molecule has 1 aliphatic rings. The quantitative estimate of drug-likeness (QED) is 0.718. The smallest absolute Gasteiger partial charge is 0.437 e. The van der Waals surface area contributed by atoms with Crippen LogP contribution in [0, 0.1) is 0 Å². The molecule has 0 fully saturated rings. The molecule has 2 heterocycles. The lowest BCUT2D eigenvalue weighted by Gasteiger charge is -2.14. The van der Waals surface area contributed by atoms with Gasteiger partial charge in [-0.05, 0) is 41.5 Å². The van der Waals surface area contributed by atoms with E-state index in [0.29, 0.717) is 0 Å². The molecule has 8 heteroatoms. The first-order valence-electron chi connectivity index (χ1n) is 8.34. The Morgan fingerprint density at radius 3 is 3.08 bits per heavy atom. The minimum atomic E-state index is -0.572. The zero-order valence-electron chi connectivity index (χ0n) is 13.8. The van der Waals surface area contributed by atoms with Crippen molar-refractivity contribution in [3.05, 3.63) is 57.4 Å². The van der Waals surface area contributed by atoms with E-state index in [-0.39, 0.29) is 36.6 Å². The summed E-state index contributed by atoms with van der Waals surface area (Å²) in [7, 11) is 0. The van der Waals surface area contributed by atoms with Crippen LogP contribution in [0.15, 0.2) is 44.9 Å². The van der Waals surface area contributed by atoms with Crippen molar-refractivity contribution >= 4 is 17.2 Å². The number of carbonyl (C=O) groups is 1. The molecule has 0 radical (unpaired) electrons. The Labute approximate surface area is 152 Å². The van der Waals surface area contributed by atoms with Crippen LogP contribution in [0.2, 0.25) is 0 Å². The zero-order chi connectivity index (χ0) is 18.1. The van der Waals surface area contributed by atoms with Crippen LogP contribution in [-0.4, -0.2) is 20.8 Å². The lowest BCUT2D eigenvalue weighted by Crippen LogP contribution is -2.29. The van der Waals surface area contributed by atoms with Crippen LogP contribution < -0.4 is 11.1 Å². The maximum atomic E-state index is 12.3. The van der Waals surface area contributed by atoms with E-state index >= 15 is 0 Å². The largest absolute Gasteiger partial charge is 0.508 e. The number of aryl methyl sites for hydroxylation is 1. The van der Waals surface area contributed by atoms with Gasteiger partial charge in [0.25, 0.3) is 5.89 Å². The highest BCUT2D eigenvalue weighted by atomic mass is 32.1. The summed E-state index contributed by atoms with van der Waals surface area (Å²) in [4.78, 5) is 24.9. The Kier molecular flexibility index (Phi) is 4.34. The predicted octanol–water partition coefficient (Wildman–Crippen LogP) is 2.46. The van der Waals surface area contributed by atoms with Gasteiger partial charge in [0, 0.05) is 6.42 Å². The van der Waals surface area contributed by atoms with E-state index in [9.17, 15) is 14.7 Å².